The zero-order valence-corrected chi connectivity index (χ0v) is 14.5. The normalized spacial score (nSPS) is 10.2. The highest BCUT2D eigenvalue weighted by atomic mass is 16.5. The first-order valence-corrected chi connectivity index (χ1v) is 7.81. The van der Waals surface area contributed by atoms with Crippen LogP contribution in [0.2, 0.25) is 0 Å². The summed E-state index contributed by atoms with van der Waals surface area (Å²) in [5.74, 6) is 1.52. The Morgan fingerprint density at radius 1 is 1.04 bits per heavy atom. The molecular weight excluding hydrogens is 306 g/mol. The molecule has 1 N–H and O–H groups in total. The maximum atomic E-state index is 12.2. The van der Waals surface area contributed by atoms with Crippen LogP contribution < -0.4 is 19.5 Å². The van der Waals surface area contributed by atoms with E-state index in [9.17, 15) is 4.79 Å². The zero-order chi connectivity index (χ0) is 17.5. The number of ether oxygens (including phenoxy) is 3. The van der Waals surface area contributed by atoms with Gasteiger partial charge in [-0.1, -0.05) is 25.1 Å². The van der Waals surface area contributed by atoms with Crippen molar-refractivity contribution in [3.05, 3.63) is 47.5 Å². The molecule has 0 unspecified atom stereocenters. The Kier molecular flexibility index (Phi) is 6.07. The molecule has 24 heavy (non-hydrogen) atoms. The van der Waals surface area contributed by atoms with Gasteiger partial charge in [-0.2, -0.15) is 0 Å². The fourth-order valence-electron chi connectivity index (χ4n) is 2.39. The molecule has 2 aromatic rings. The maximum Gasteiger partial charge on any atom is 0.262 e. The molecule has 0 aliphatic heterocycles. The van der Waals surface area contributed by atoms with Crippen LogP contribution in [-0.2, 0) is 11.2 Å². The zero-order valence-electron chi connectivity index (χ0n) is 14.5. The fraction of sp³-hybridized carbons (Fsp3) is 0.316. The molecule has 0 saturated heterocycles. The van der Waals surface area contributed by atoms with Gasteiger partial charge >= 0.3 is 0 Å². The number of anilines is 1. The van der Waals surface area contributed by atoms with E-state index in [0.717, 1.165) is 23.2 Å². The monoisotopic (exact) mass is 329 g/mol. The van der Waals surface area contributed by atoms with E-state index in [0.29, 0.717) is 17.2 Å². The second kappa shape index (κ2) is 8.24. The SMILES string of the molecule is CCc1cccc(C)c1NC(=O)COc1cc(OC)cc(OC)c1. The van der Waals surface area contributed by atoms with E-state index >= 15 is 0 Å². The van der Waals surface area contributed by atoms with E-state index in [4.69, 9.17) is 14.2 Å². The molecule has 128 valence electrons. The standard InChI is InChI=1S/C19H23NO4/c1-5-14-8-6-7-13(2)19(14)20-18(21)12-24-17-10-15(22-3)9-16(11-17)23-4/h6-11H,5,12H2,1-4H3,(H,20,21). The summed E-state index contributed by atoms with van der Waals surface area (Å²) in [4.78, 5) is 12.2. The molecule has 0 aliphatic rings. The van der Waals surface area contributed by atoms with Crippen molar-refractivity contribution in [1.29, 1.82) is 0 Å². The summed E-state index contributed by atoms with van der Waals surface area (Å²) in [6, 6.07) is 11.1. The topological polar surface area (TPSA) is 56.8 Å². The number of hydrogen-bond donors (Lipinski definition) is 1. The molecule has 0 spiro atoms. The molecule has 0 aromatic heterocycles. The Bertz CT molecular complexity index is 690. The van der Waals surface area contributed by atoms with Crippen LogP contribution in [0.5, 0.6) is 17.2 Å². The van der Waals surface area contributed by atoms with Crippen molar-refractivity contribution in [2.45, 2.75) is 20.3 Å². The van der Waals surface area contributed by atoms with E-state index in [2.05, 4.69) is 12.2 Å². The van der Waals surface area contributed by atoms with Crippen molar-refractivity contribution in [3.63, 3.8) is 0 Å². The van der Waals surface area contributed by atoms with Crippen molar-refractivity contribution in [3.8, 4) is 17.2 Å². The van der Waals surface area contributed by atoms with Crippen LogP contribution in [-0.4, -0.2) is 26.7 Å². The first kappa shape index (κ1) is 17.7. The number of methoxy groups -OCH3 is 2. The number of para-hydroxylation sites is 1. The molecule has 0 atom stereocenters. The summed E-state index contributed by atoms with van der Waals surface area (Å²) in [7, 11) is 3.13. The summed E-state index contributed by atoms with van der Waals surface area (Å²) < 4.78 is 15.9. The van der Waals surface area contributed by atoms with Gasteiger partial charge < -0.3 is 19.5 Å². The summed E-state index contributed by atoms with van der Waals surface area (Å²) in [5.41, 5.74) is 2.99. The molecule has 0 radical (unpaired) electrons. The van der Waals surface area contributed by atoms with Crippen LogP contribution in [0.3, 0.4) is 0 Å². The quantitative estimate of drug-likeness (QED) is 0.843. The highest BCUT2D eigenvalue weighted by molar-refractivity contribution is 5.93. The predicted octanol–water partition coefficient (Wildman–Crippen LogP) is 3.59. The number of rotatable bonds is 7. The van der Waals surface area contributed by atoms with Crippen LogP contribution in [0.1, 0.15) is 18.1 Å². The van der Waals surface area contributed by atoms with Crippen LogP contribution in [0.25, 0.3) is 0 Å². The van der Waals surface area contributed by atoms with Crippen molar-refractivity contribution in [1.82, 2.24) is 0 Å². The summed E-state index contributed by atoms with van der Waals surface area (Å²) in [6.45, 7) is 3.94. The highest BCUT2D eigenvalue weighted by Gasteiger charge is 2.10. The van der Waals surface area contributed by atoms with Gasteiger partial charge in [0, 0.05) is 23.9 Å². The summed E-state index contributed by atoms with van der Waals surface area (Å²) >= 11 is 0. The van der Waals surface area contributed by atoms with Crippen molar-refractivity contribution in [2.24, 2.45) is 0 Å². The van der Waals surface area contributed by atoms with E-state index < -0.39 is 0 Å². The van der Waals surface area contributed by atoms with Crippen LogP contribution in [0.15, 0.2) is 36.4 Å². The average Bonchev–Trinajstić information content (AvgIpc) is 2.61. The molecule has 0 heterocycles. The average molecular weight is 329 g/mol. The van der Waals surface area contributed by atoms with Crippen LogP contribution in [0, 0.1) is 6.92 Å². The molecule has 0 aliphatic carbocycles. The predicted molar refractivity (Wildman–Crippen MR) is 94.2 cm³/mol. The fourth-order valence-corrected chi connectivity index (χ4v) is 2.39. The second-order valence-corrected chi connectivity index (χ2v) is 5.35. The van der Waals surface area contributed by atoms with Gasteiger partial charge in [0.15, 0.2) is 6.61 Å². The molecule has 1 amide bonds. The molecule has 2 rings (SSSR count). The van der Waals surface area contributed by atoms with Gasteiger partial charge in [0.25, 0.3) is 5.91 Å². The minimum absolute atomic E-state index is 0.0895. The van der Waals surface area contributed by atoms with Crippen molar-refractivity contribution < 1.29 is 19.0 Å². The van der Waals surface area contributed by atoms with E-state index in [1.165, 1.54) is 0 Å². The largest absolute Gasteiger partial charge is 0.496 e. The molecule has 5 nitrogen and oxygen atoms in total. The third-order valence-corrected chi connectivity index (χ3v) is 3.70. The first-order chi connectivity index (χ1) is 11.6. The van der Waals surface area contributed by atoms with Gasteiger partial charge in [-0.15, -0.1) is 0 Å². The first-order valence-electron chi connectivity index (χ1n) is 7.81. The lowest BCUT2D eigenvalue weighted by Gasteiger charge is -2.14. The number of aryl methyl sites for hydroxylation is 2. The molecule has 2 aromatic carbocycles. The number of benzene rings is 2. The Hall–Kier alpha value is -2.69. The third kappa shape index (κ3) is 4.41. The van der Waals surface area contributed by atoms with Gasteiger partial charge in [0.2, 0.25) is 0 Å². The van der Waals surface area contributed by atoms with E-state index in [-0.39, 0.29) is 12.5 Å². The molecule has 5 heteroatoms. The lowest BCUT2D eigenvalue weighted by atomic mass is 10.1. The Morgan fingerprint density at radius 2 is 1.67 bits per heavy atom. The number of hydrogen-bond acceptors (Lipinski definition) is 4. The Labute approximate surface area is 142 Å². The maximum absolute atomic E-state index is 12.2. The molecule has 0 fully saturated rings. The molecule has 0 bridgehead atoms. The number of nitrogens with one attached hydrogen (secondary N) is 1. The molecular formula is C19H23NO4. The molecule has 0 saturated carbocycles. The van der Waals surface area contributed by atoms with Gasteiger partial charge in [-0.05, 0) is 24.5 Å². The van der Waals surface area contributed by atoms with Crippen LogP contribution in [0.4, 0.5) is 5.69 Å². The minimum Gasteiger partial charge on any atom is -0.496 e. The minimum atomic E-state index is -0.208. The third-order valence-electron chi connectivity index (χ3n) is 3.70. The Morgan fingerprint density at radius 3 is 2.25 bits per heavy atom. The summed E-state index contributed by atoms with van der Waals surface area (Å²) in [6.07, 6.45) is 0.852. The van der Waals surface area contributed by atoms with Crippen molar-refractivity contribution >= 4 is 11.6 Å². The second-order valence-electron chi connectivity index (χ2n) is 5.35. The van der Waals surface area contributed by atoms with E-state index in [1.54, 1.807) is 32.4 Å². The van der Waals surface area contributed by atoms with Gasteiger partial charge in [0.1, 0.15) is 17.2 Å². The van der Waals surface area contributed by atoms with Crippen molar-refractivity contribution in [2.75, 3.05) is 26.1 Å². The number of carbonyl (C=O) groups excluding carboxylic acids is 1. The van der Waals surface area contributed by atoms with Crippen LogP contribution >= 0.6 is 0 Å². The van der Waals surface area contributed by atoms with Gasteiger partial charge in [-0.3, -0.25) is 4.79 Å². The summed E-state index contributed by atoms with van der Waals surface area (Å²) in [5, 5.41) is 2.93. The van der Waals surface area contributed by atoms with Gasteiger partial charge in [0.05, 0.1) is 14.2 Å². The smallest absolute Gasteiger partial charge is 0.262 e. The number of amides is 1. The van der Waals surface area contributed by atoms with Gasteiger partial charge in [-0.25, -0.2) is 0 Å². The lowest BCUT2D eigenvalue weighted by molar-refractivity contribution is -0.118. The highest BCUT2D eigenvalue weighted by Crippen LogP contribution is 2.27. The van der Waals surface area contributed by atoms with E-state index in [1.807, 2.05) is 25.1 Å². The Balaban J connectivity index is 2.04. The lowest BCUT2D eigenvalue weighted by Crippen LogP contribution is -2.21. The number of carbonyl (C=O) groups is 1.